The minimum Gasteiger partial charge on any atom is -0.451 e. The fourth-order valence-electron chi connectivity index (χ4n) is 1.78. The van der Waals surface area contributed by atoms with Gasteiger partial charge >= 0.3 is 6.09 Å². The van der Waals surface area contributed by atoms with Crippen molar-refractivity contribution in [3.8, 4) is 0 Å². The lowest BCUT2D eigenvalue weighted by atomic mass is 10.1. The highest BCUT2D eigenvalue weighted by Gasteiger charge is 2.14. The quantitative estimate of drug-likeness (QED) is 0.667. The maximum Gasteiger partial charge on any atom is 0.430 e. The number of carbonyl (C=O) groups excluding carboxylic acids is 1. The molecule has 0 aliphatic carbocycles. The van der Waals surface area contributed by atoms with E-state index in [9.17, 15) is 4.79 Å². The molecule has 1 amide bonds. The number of anilines is 1. The van der Waals surface area contributed by atoms with Crippen molar-refractivity contribution in [3.63, 3.8) is 0 Å². The molecular formula is C14H20ClN3O2. The molecule has 0 bridgehead atoms. The van der Waals surface area contributed by atoms with E-state index < -0.39 is 6.09 Å². The Morgan fingerprint density at radius 1 is 1.45 bits per heavy atom. The second-order valence-corrected chi connectivity index (χ2v) is 4.46. The monoisotopic (exact) mass is 297 g/mol. The molecule has 6 heteroatoms. The molecule has 0 saturated carbocycles. The van der Waals surface area contributed by atoms with Crippen molar-refractivity contribution >= 4 is 29.1 Å². The van der Waals surface area contributed by atoms with Crippen molar-refractivity contribution in [2.45, 2.75) is 20.3 Å². The van der Waals surface area contributed by atoms with Crippen LogP contribution in [0, 0.1) is 0 Å². The minimum atomic E-state index is -0.480. The number of methoxy groups -OCH3 is 1. The minimum absolute atomic E-state index is 0.436. The first-order chi connectivity index (χ1) is 9.57. The molecule has 1 aromatic rings. The molecule has 0 heterocycles. The van der Waals surface area contributed by atoms with E-state index in [0.717, 1.165) is 17.0 Å². The predicted molar refractivity (Wildman–Crippen MR) is 82.6 cm³/mol. The standard InChI is InChI=1S/C14H20ClN3O2/c1-5-12(17-18(6-2)14(19)20-4)11-9-10(15)7-8-13(11)16-3/h7-9,16H,5-6H2,1-4H3/b17-12+. The van der Waals surface area contributed by atoms with Crippen LogP contribution in [0.3, 0.4) is 0 Å². The van der Waals surface area contributed by atoms with Gasteiger partial charge in [0.05, 0.1) is 12.8 Å². The first-order valence-electron chi connectivity index (χ1n) is 6.47. The zero-order valence-corrected chi connectivity index (χ0v) is 13.0. The number of hydrogen-bond donors (Lipinski definition) is 1. The molecule has 0 aliphatic rings. The Morgan fingerprint density at radius 3 is 2.65 bits per heavy atom. The Balaban J connectivity index is 3.24. The molecule has 0 fully saturated rings. The third-order valence-corrected chi connectivity index (χ3v) is 3.06. The second-order valence-electron chi connectivity index (χ2n) is 4.03. The molecule has 0 aliphatic heterocycles. The summed E-state index contributed by atoms with van der Waals surface area (Å²) in [4.78, 5) is 11.6. The lowest BCUT2D eigenvalue weighted by Crippen LogP contribution is -2.27. The normalized spacial score (nSPS) is 11.2. The molecular weight excluding hydrogens is 278 g/mol. The van der Waals surface area contributed by atoms with Gasteiger partial charge in [-0.1, -0.05) is 18.5 Å². The average molecular weight is 298 g/mol. The Bertz CT molecular complexity index is 503. The molecule has 110 valence electrons. The number of halogens is 1. The molecule has 0 saturated heterocycles. The van der Waals surface area contributed by atoms with Gasteiger partial charge in [0.25, 0.3) is 0 Å². The van der Waals surface area contributed by atoms with Gasteiger partial charge in [0.2, 0.25) is 0 Å². The largest absolute Gasteiger partial charge is 0.451 e. The van der Waals surface area contributed by atoms with E-state index in [1.54, 1.807) is 0 Å². The number of hydrogen-bond acceptors (Lipinski definition) is 4. The Kier molecular flexibility index (Phi) is 6.31. The molecule has 5 nitrogen and oxygen atoms in total. The van der Waals surface area contributed by atoms with Gasteiger partial charge in [-0.15, -0.1) is 0 Å². The molecule has 0 aromatic heterocycles. The van der Waals surface area contributed by atoms with E-state index in [2.05, 4.69) is 10.4 Å². The van der Waals surface area contributed by atoms with Crippen LogP contribution < -0.4 is 5.32 Å². The topological polar surface area (TPSA) is 53.9 Å². The summed E-state index contributed by atoms with van der Waals surface area (Å²) in [6, 6.07) is 5.53. The van der Waals surface area contributed by atoms with E-state index in [1.165, 1.54) is 12.1 Å². The van der Waals surface area contributed by atoms with E-state index in [1.807, 2.05) is 39.1 Å². The molecule has 1 rings (SSSR count). The van der Waals surface area contributed by atoms with Crippen LogP contribution in [0.15, 0.2) is 23.3 Å². The summed E-state index contributed by atoms with van der Waals surface area (Å²) < 4.78 is 4.70. The van der Waals surface area contributed by atoms with Crippen LogP contribution in [0.5, 0.6) is 0 Å². The van der Waals surface area contributed by atoms with Crippen molar-refractivity contribution in [2.24, 2.45) is 5.10 Å². The van der Waals surface area contributed by atoms with Crippen molar-refractivity contribution in [1.29, 1.82) is 0 Å². The highest BCUT2D eigenvalue weighted by atomic mass is 35.5. The number of carbonyl (C=O) groups is 1. The first-order valence-corrected chi connectivity index (χ1v) is 6.85. The lowest BCUT2D eigenvalue weighted by Gasteiger charge is -2.17. The second kappa shape index (κ2) is 7.75. The summed E-state index contributed by atoms with van der Waals surface area (Å²) >= 11 is 6.05. The third-order valence-electron chi connectivity index (χ3n) is 2.82. The predicted octanol–water partition coefficient (Wildman–Crippen LogP) is 3.58. The number of hydrazone groups is 1. The van der Waals surface area contributed by atoms with Crippen LogP contribution in [-0.4, -0.2) is 37.5 Å². The highest BCUT2D eigenvalue weighted by Crippen LogP contribution is 2.22. The summed E-state index contributed by atoms with van der Waals surface area (Å²) in [6.07, 6.45) is 0.189. The SMILES string of the molecule is CC/C(=N\N(CC)C(=O)OC)c1cc(Cl)ccc1NC. The Labute approximate surface area is 124 Å². The fourth-order valence-corrected chi connectivity index (χ4v) is 1.95. The van der Waals surface area contributed by atoms with Crippen molar-refractivity contribution in [1.82, 2.24) is 5.01 Å². The Morgan fingerprint density at radius 2 is 2.15 bits per heavy atom. The van der Waals surface area contributed by atoms with E-state index in [4.69, 9.17) is 16.3 Å². The highest BCUT2D eigenvalue weighted by molar-refractivity contribution is 6.31. The van der Waals surface area contributed by atoms with Crippen molar-refractivity contribution in [3.05, 3.63) is 28.8 Å². The molecule has 0 spiro atoms. The summed E-state index contributed by atoms with van der Waals surface area (Å²) in [5.74, 6) is 0. The average Bonchev–Trinajstić information content (AvgIpc) is 2.47. The van der Waals surface area contributed by atoms with Crippen LogP contribution in [0.2, 0.25) is 5.02 Å². The van der Waals surface area contributed by atoms with Crippen LogP contribution in [0.1, 0.15) is 25.8 Å². The van der Waals surface area contributed by atoms with Crippen LogP contribution in [0.4, 0.5) is 10.5 Å². The van der Waals surface area contributed by atoms with Crippen molar-refractivity contribution in [2.75, 3.05) is 26.0 Å². The molecule has 0 atom stereocenters. The summed E-state index contributed by atoms with van der Waals surface area (Å²) in [5.41, 5.74) is 2.56. The van der Waals surface area contributed by atoms with E-state index in [-0.39, 0.29) is 0 Å². The number of nitrogens with one attached hydrogen (secondary N) is 1. The zero-order valence-electron chi connectivity index (χ0n) is 12.2. The molecule has 1 N–H and O–H groups in total. The van der Waals surface area contributed by atoms with Gasteiger partial charge in [0.15, 0.2) is 0 Å². The number of rotatable bonds is 5. The van der Waals surface area contributed by atoms with Crippen LogP contribution in [-0.2, 0) is 4.74 Å². The van der Waals surface area contributed by atoms with Crippen LogP contribution in [0.25, 0.3) is 0 Å². The molecule has 1 aromatic carbocycles. The van der Waals surface area contributed by atoms with Gasteiger partial charge in [-0.25, -0.2) is 4.79 Å². The van der Waals surface area contributed by atoms with E-state index >= 15 is 0 Å². The summed E-state index contributed by atoms with van der Waals surface area (Å²) in [5, 5.41) is 9.40. The smallest absolute Gasteiger partial charge is 0.430 e. The first kappa shape index (κ1) is 16.3. The van der Waals surface area contributed by atoms with Crippen molar-refractivity contribution < 1.29 is 9.53 Å². The fraction of sp³-hybridized carbons (Fsp3) is 0.429. The maximum atomic E-state index is 11.6. The molecule has 0 unspecified atom stereocenters. The van der Waals surface area contributed by atoms with Gasteiger partial charge in [0, 0.05) is 29.9 Å². The van der Waals surface area contributed by atoms with Gasteiger partial charge in [-0.05, 0) is 31.5 Å². The molecule has 20 heavy (non-hydrogen) atoms. The van der Waals surface area contributed by atoms with E-state index in [0.29, 0.717) is 18.0 Å². The van der Waals surface area contributed by atoms with Gasteiger partial charge < -0.3 is 10.1 Å². The lowest BCUT2D eigenvalue weighted by molar-refractivity contribution is 0.127. The zero-order chi connectivity index (χ0) is 15.1. The van der Waals surface area contributed by atoms with Gasteiger partial charge in [-0.2, -0.15) is 10.1 Å². The van der Waals surface area contributed by atoms with Crippen LogP contribution >= 0.6 is 11.6 Å². The summed E-state index contributed by atoms with van der Waals surface area (Å²) in [7, 11) is 3.17. The van der Waals surface area contributed by atoms with Gasteiger partial charge in [0.1, 0.15) is 0 Å². The Hall–Kier alpha value is -1.75. The third kappa shape index (κ3) is 3.87. The molecule has 0 radical (unpaired) electrons. The number of benzene rings is 1. The summed E-state index contributed by atoms with van der Waals surface area (Å²) in [6.45, 7) is 4.25. The number of amides is 1. The number of nitrogens with zero attached hydrogens (tertiary/aromatic N) is 2. The number of ether oxygens (including phenoxy) is 1. The maximum absolute atomic E-state index is 11.6. The van der Waals surface area contributed by atoms with Gasteiger partial charge in [-0.3, -0.25) is 0 Å².